The predicted molar refractivity (Wildman–Crippen MR) is 55.0 cm³/mol. The van der Waals surface area contributed by atoms with Crippen LogP contribution in [0.15, 0.2) is 36.1 Å². The van der Waals surface area contributed by atoms with Gasteiger partial charge in [-0.15, -0.1) is 0 Å². The zero-order valence-electron chi connectivity index (χ0n) is 8.22. The molecule has 0 spiro atoms. The molecule has 0 aromatic heterocycles. The van der Waals surface area contributed by atoms with Gasteiger partial charge in [0.15, 0.2) is 0 Å². The van der Waals surface area contributed by atoms with Crippen LogP contribution in [-0.2, 0) is 0 Å². The van der Waals surface area contributed by atoms with Crippen LogP contribution in [0.3, 0.4) is 0 Å². The average molecular weight is 190 g/mol. The summed E-state index contributed by atoms with van der Waals surface area (Å²) in [7, 11) is 0. The molecule has 74 valence electrons. The molecule has 1 N–H and O–H groups in total. The lowest BCUT2D eigenvalue weighted by molar-refractivity contribution is 0.135. The normalized spacial score (nSPS) is 30.2. The molecule has 0 aromatic rings. The molecule has 0 fully saturated rings. The number of nitriles is 1. The van der Waals surface area contributed by atoms with Crippen LogP contribution in [0.5, 0.6) is 0 Å². The second-order valence-electron chi connectivity index (χ2n) is 3.18. The monoisotopic (exact) mass is 190 g/mol. The van der Waals surface area contributed by atoms with E-state index in [4.69, 9.17) is 10.4 Å². The van der Waals surface area contributed by atoms with Gasteiger partial charge >= 0.3 is 0 Å². The maximum atomic E-state index is 9.10. The summed E-state index contributed by atoms with van der Waals surface area (Å²) in [5.41, 5.74) is 0.658. The number of aliphatic hydroxyl groups excluding tert-OH is 1. The van der Waals surface area contributed by atoms with Gasteiger partial charge in [-0.25, -0.2) is 0 Å². The zero-order valence-corrected chi connectivity index (χ0v) is 8.22. The minimum atomic E-state index is -0.0727. The Morgan fingerprint density at radius 2 is 2.43 bits per heavy atom. The minimum Gasteiger partial charge on any atom is -0.376 e. The molecule has 1 atom stereocenters. The fourth-order valence-electron chi connectivity index (χ4n) is 1.22. The zero-order chi connectivity index (χ0) is 10.4. The molecule has 1 aliphatic heterocycles. The SMILES string of the molecule is CC1/C=C\C=C/C/C(C#N)=C\N1CO. The molecule has 0 amide bonds. The number of hydrogen-bond acceptors (Lipinski definition) is 3. The second kappa shape index (κ2) is 5.25. The Morgan fingerprint density at radius 1 is 1.64 bits per heavy atom. The molecule has 0 saturated heterocycles. The van der Waals surface area contributed by atoms with E-state index in [2.05, 4.69) is 6.07 Å². The molecular weight excluding hydrogens is 176 g/mol. The van der Waals surface area contributed by atoms with Crippen molar-refractivity contribution in [3.05, 3.63) is 36.1 Å². The van der Waals surface area contributed by atoms with E-state index >= 15 is 0 Å². The van der Waals surface area contributed by atoms with Crippen molar-refractivity contribution in [1.29, 1.82) is 5.26 Å². The first-order chi connectivity index (χ1) is 6.77. The van der Waals surface area contributed by atoms with Crippen LogP contribution in [0.1, 0.15) is 13.3 Å². The van der Waals surface area contributed by atoms with E-state index in [1.165, 1.54) is 0 Å². The van der Waals surface area contributed by atoms with Crippen LogP contribution in [0, 0.1) is 11.3 Å². The van der Waals surface area contributed by atoms with Gasteiger partial charge in [-0.2, -0.15) is 5.26 Å². The highest BCUT2D eigenvalue weighted by molar-refractivity contribution is 5.25. The first kappa shape index (κ1) is 10.6. The Hall–Kier alpha value is -1.53. The molecule has 0 bridgehead atoms. The molecule has 3 nitrogen and oxygen atoms in total. The maximum absolute atomic E-state index is 9.10. The third kappa shape index (κ3) is 2.75. The third-order valence-electron chi connectivity index (χ3n) is 2.13. The van der Waals surface area contributed by atoms with Gasteiger partial charge in [0.2, 0.25) is 0 Å². The van der Waals surface area contributed by atoms with E-state index in [1.54, 1.807) is 11.1 Å². The number of allylic oxidation sites excluding steroid dienone is 4. The summed E-state index contributed by atoms with van der Waals surface area (Å²) < 4.78 is 0. The summed E-state index contributed by atoms with van der Waals surface area (Å²) >= 11 is 0. The molecule has 1 heterocycles. The molecular formula is C11H14N2O. The van der Waals surface area contributed by atoms with Crippen molar-refractivity contribution in [1.82, 2.24) is 4.90 Å². The predicted octanol–water partition coefficient (Wildman–Crippen LogP) is 1.55. The lowest BCUT2D eigenvalue weighted by Crippen LogP contribution is -2.27. The number of rotatable bonds is 1. The van der Waals surface area contributed by atoms with Crippen molar-refractivity contribution in [2.24, 2.45) is 0 Å². The Balaban J connectivity index is 2.91. The molecule has 1 aliphatic rings. The molecule has 1 rings (SSSR count). The summed E-state index contributed by atoms with van der Waals surface area (Å²) in [5, 5.41) is 17.9. The fourth-order valence-corrected chi connectivity index (χ4v) is 1.22. The quantitative estimate of drug-likeness (QED) is 0.682. The maximum Gasteiger partial charge on any atom is 0.115 e. The van der Waals surface area contributed by atoms with Gasteiger partial charge in [0.1, 0.15) is 6.73 Å². The van der Waals surface area contributed by atoms with Crippen LogP contribution in [-0.4, -0.2) is 22.8 Å². The highest BCUT2D eigenvalue weighted by atomic mass is 16.3. The first-order valence-corrected chi connectivity index (χ1v) is 4.58. The van der Waals surface area contributed by atoms with Crippen molar-refractivity contribution in [2.75, 3.05) is 6.73 Å². The van der Waals surface area contributed by atoms with E-state index < -0.39 is 0 Å². The topological polar surface area (TPSA) is 47.3 Å². The van der Waals surface area contributed by atoms with Crippen molar-refractivity contribution in [2.45, 2.75) is 19.4 Å². The van der Waals surface area contributed by atoms with Gasteiger partial charge in [-0.05, 0) is 6.92 Å². The second-order valence-corrected chi connectivity index (χ2v) is 3.18. The lowest BCUT2D eigenvalue weighted by Gasteiger charge is -2.22. The Kier molecular flexibility index (Phi) is 3.96. The molecule has 0 aliphatic carbocycles. The highest BCUT2D eigenvalue weighted by Gasteiger charge is 2.07. The van der Waals surface area contributed by atoms with E-state index in [1.807, 2.05) is 31.2 Å². The van der Waals surface area contributed by atoms with Crippen LogP contribution in [0.4, 0.5) is 0 Å². The number of aliphatic hydroxyl groups is 1. The number of hydrogen-bond donors (Lipinski definition) is 1. The molecule has 0 saturated carbocycles. The van der Waals surface area contributed by atoms with Crippen LogP contribution >= 0.6 is 0 Å². The van der Waals surface area contributed by atoms with Gasteiger partial charge in [-0.3, -0.25) is 0 Å². The van der Waals surface area contributed by atoms with E-state index in [-0.39, 0.29) is 12.8 Å². The van der Waals surface area contributed by atoms with Crippen LogP contribution in [0.2, 0.25) is 0 Å². The van der Waals surface area contributed by atoms with Crippen molar-refractivity contribution >= 4 is 0 Å². The molecule has 0 radical (unpaired) electrons. The summed E-state index contributed by atoms with van der Waals surface area (Å²) in [6.45, 7) is 1.90. The standard InChI is InChI=1S/C11H14N2O/c1-10-5-3-2-4-6-11(7-12)8-13(10)9-14/h2-5,8,10,14H,6,9H2,1H3/b4-2-,5-3-,11-8+. The molecule has 0 aromatic carbocycles. The summed E-state index contributed by atoms with van der Waals surface area (Å²) in [4.78, 5) is 1.72. The van der Waals surface area contributed by atoms with Gasteiger partial charge in [-0.1, -0.05) is 24.3 Å². The number of nitrogens with zero attached hydrogens (tertiary/aromatic N) is 2. The van der Waals surface area contributed by atoms with Gasteiger partial charge in [0.25, 0.3) is 0 Å². The summed E-state index contributed by atoms with van der Waals surface area (Å²) in [6.07, 6.45) is 10.1. The van der Waals surface area contributed by atoms with Crippen LogP contribution in [0.25, 0.3) is 0 Å². The van der Waals surface area contributed by atoms with Gasteiger partial charge in [0, 0.05) is 24.2 Å². The van der Waals surface area contributed by atoms with Gasteiger partial charge in [0.05, 0.1) is 6.07 Å². The van der Waals surface area contributed by atoms with Crippen molar-refractivity contribution in [3.63, 3.8) is 0 Å². The van der Waals surface area contributed by atoms with Crippen LogP contribution < -0.4 is 0 Å². The largest absolute Gasteiger partial charge is 0.376 e. The summed E-state index contributed by atoms with van der Waals surface area (Å²) in [6, 6.07) is 2.22. The summed E-state index contributed by atoms with van der Waals surface area (Å²) in [5.74, 6) is 0. The minimum absolute atomic E-state index is 0.0727. The Morgan fingerprint density at radius 3 is 3.07 bits per heavy atom. The Labute approximate surface area is 84.3 Å². The smallest absolute Gasteiger partial charge is 0.115 e. The van der Waals surface area contributed by atoms with Crippen molar-refractivity contribution in [3.8, 4) is 6.07 Å². The average Bonchev–Trinajstić information content (AvgIpc) is 2.29. The fraction of sp³-hybridized carbons (Fsp3) is 0.364. The first-order valence-electron chi connectivity index (χ1n) is 4.58. The van der Waals surface area contributed by atoms with Gasteiger partial charge < -0.3 is 10.0 Å². The van der Waals surface area contributed by atoms with E-state index in [9.17, 15) is 0 Å². The third-order valence-corrected chi connectivity index (χ3v) is 2.13. The molecule has 14 heavy (non-hydrogen) atoms. The highest BCUT2D eigenvalue weighted by Crippen LogP contribution is 2.09. The van der Waals surface area contributed by atoms with E-state index in [0.29, 0.717) is 12.0 Å². The lowest BCUT2D eigenvalue weighted by atomic mass is 10.2. The molecule has 3 heteroatoms. The Bertz CT molecular complexity index is 310. The molecule has 1 unspecified atom stereocenters. The van der Waals surface area contributed by atoms with E-state index in [0.717, 1.165) is 0 Å². The van der Waals surface area contributed by atoms with Crippen molar-refractivity contribution < 1.29 is 5.11 Å².